The molecule has 8 heteroatoms. The van der Waals surface area contributed by atoms with Crippen molar-refractivity contribution in [1.82, 2.24) is 14.5 Å². The first-order valence-electron chi connectivity index (χ1n) is 10.5. The fourth-order valence-electron chi connectivity index (χ4n) is 4.14. The molecule has 2 fully saturated rings. The summed E-state index contributed by atoms with van der Waals surface area (Å²) in [5.74, 6) is -0.0492. The van der Waals surface area contributed by atoms with E-state index in [0.29, 0.717) is 31.8 Å². The van der Waals surface area contributed by atoms with Gasteiger partial charge in [-0.25, -0.2) is 12.8 Å². The Balaban J connectivity index is 1.70. The minimum absolute atomic E-state index is 0.00934. The molecule has 1 aromatic carbocycles. The van der Waals surface area contributed by atoms with E-state index < -0.39 is 15.8 Å². The van der Waals surface area contributed by atoms with Crippen molar-refractivity contribution in [3.8, 4) is 0 Å². The van der Waals surface area contributed by atoms with Crippen LogP contribution in [-0.2, 0) is 14.8 Å². The van der Waals surface area contributed by atoms with Gasteiger partial charge in [-0.05, 0) is 63.3 Å². The van der Waals surface area contributed by atoms with E-state index in [1.165, 1.54) is 18.2 Å². The van der Waals surface area contributed by atoms with Crippen LogP contribution < -0.4 is 5.32 Å². The molecule has 1 atom stereocenters. The summed E-state index contributed by atoms with van der Waals surface area (Å²) in [6.07, 6.45) is 3.66. The summed E-state index contributed by atoms with van der Waals surface area (Å²) in [7, 11) is -1.95. The molecular formula is C21H32FN3O3S. The fourth-order valence-corrected chi connectivity index (χ4v) is 6.11. The third-order valence-corrected chi connectivity index (χ3v) is 7.77. The average Bonchev–Trinajstić information content (AvgIpc) is 3.51. The molecule has 0 bridgehead atoms. The lowest BCUT2D eigenvalue weighted by Crippen LogP contribution is -2.53. The highest BCUT2D eigenvalue weighted by Crippen LogP contribution is 2.36. The normalized spacial score (nSPS) is 19.7. The van der Waals surface area contributed by atoms with Crippen molar-refractivity contribution in [2.24, 2.45) is 5.92 Å². The van der Waals surface area contributed by atoms with Gasteiger partial charge in [-0.3, -0.25) is 4.79 Å². The lowest BCUT2D eigenvalue weighted by atomic mass is 10.00. The maximum atomic E-state index is 13.6. The number of likely N-dealkylation sites (tertiary alicyclic amines) is 1. The molecule has 0 spiro atoms. The Morgan fingerprint density at radius 2 is 1.83 bits per heavy atom. The number of nitrogens with one attached hydrogen (secondary N) is 1. The van der Waals surface area contributed by atoms with E-state index in [4.69, 9.17) is 0 Å². The van der Waals surface area contributed by atoms with E-state index >= 15 is 0 Å². The maximum absolute atomic E-state index is 13.6. The van der Waals surface area contributed by atoms with Crippen LogP contribution in [-0.4, -0.2) is 61.8 Å². The molecule has 1 heterocycles. The van der Waals surface area contributed by atoms with E-state index in [9.17, 15) is 17.6 Å². The van der Waals surface area contributed by atoms with Gasteiger partial charge in [0.25, 0.3) is 0 Å². The molecule has 1 amide bonds. The third kappa shape index (κ3) is 5.16. The number of halogens is 1. The number of rotatable bonds is 8. The SMILES string of the molecule is CNC(CC(C)C)C(=O)N1CCC(N(C2CC2)S(=O)(=O)c2cccc(F)c2)CC1. The molecule has 1 saturated carbocycles. The van der Waals surface area contributed by atoms with Crippen LogP contribution in [0.2, 0.25) is 0 Å². The van der Waals surface area contributed by atoms with Gasteiger partial charge in [0.2, 0.25) is 15.9 Å². The first-order valence-corrected chi connectivity index (χ1v) is 11.9. The van der Waals surface area contributed by atoms with E-state index in [2.05, 4.69) is 19.2 Å². The van der Waals surface area contributed by atoms with Crippen LogP contribution in [0.15, 0.2) is 29.2 Å². The first-order chi connectivity index (χ1) is 13.7. The molecule has 1 aliphatic heterocycles. The predicted molar refractivity (Wildman–Crippen MR) is 110 cm³/mol. The van der Waals surface area contributed by atoms with Crippen molar-refractivity contribution in [3.05, 3.63) is 30.1 Å². The monoisotopic (exact) mass is 425 g/mol. The second-order valence-electron chi connectivity index (χ2n) is 8.55. The zero-order chi connectivity index (χ0) is 21.2. The summed E-state index contributed by atoms with van der Waals surface area (Å²) in [6.45, 7) is 5.27. The average molecular weight is 426 g/mol. The number of amides is 1. The van der Waals surface area contributed by atoms with Crippen molar-refractivity contribution in [2.75, 3.05) is 20.1 Å². The predicted octanol–water partition coefficient (Wildman–Crippen LogP) is 2.60. The van der Waals surface area contributed by atoms with Gasteiger partial charge in [-0.15, -0.1) is 0 Å². The zero-order valence-corrected chi connectivity index (χ0v) is 18.3. The Hall–Kier alpha value is -1.51. The number of nitrogens with zero attached hydrogens (tertiary/aromatic N) is 2. The van der Waals surface area contributed by atoms with Gasteiger partial charge in [0.15, 0.2) is 0 Å². The topological polar surface area (TPSA) is 69.7 Å². The highest BCUT2D eigenvalue weighted by atomic mass is 32.2. The second-order valence-corrected chi connectivity index (χ2v) is 10.4. The number of piperidine rings is 1. The minimum atomic E-state index is -3.76. The molecule has 162 valence electrons. The quantitative estimate of drug-likeness (QED) is 0.695. The molecule has 29 heavy (non-hydrogen) atoms. The smallest absolute Gasteiger partial charge is 0.243 e. The van der Waals surface area contributed by atoms with Crippen LogP contribution in [0, 0.1) is 11.7 Å². The van der Waals surface area contributed by atoms with E-state index in [-0.39, 0.29) is 28.9 Å². The highest BCUT2D eigenvalue weighted by Gasteiger charge is 2.44. The number of likely N-dealkylation sites (N-methyl/N-ethyl adjacent to an activating group) is 1. The van der Waals surface area contributed by atoms with Crippen LogP contribution in [0.4, 0.5) is 4.39 Å². The van der Waals surface area contributed by atoms with Crippen molar-refractivity contribution >= 4 is 15.9 Å². The molecule has 6 nitrogen and oxygen atoms in total. The Labute approximate surface area is 173 Å². The minimum Gasteiger partial charge on any atom is -0.341 e. The molecule has 0 radical (unpaired) electrons. The number of carbonyl (C=O) groups excluding carboxylic acids is 1. The van der Waals surface area contributed by atoms with Crippen molar-refractivity contribution in [2.45, 2.75) is 69.0 Å². The van der Waals surface area contributed by atoms with Crippen LogP contribution in [0.3, 0.4) is 0 Å². The largest absolute Gasteiger partial charge is 0.341 e. The number of hydrogen-bond acceptors (Lipinski definition) is 4. The molecule has 1 unspecified atom stereocenters. The van der Waals surface area contributed by atoms with Gasteiger partial charge in [0.1, 0.15) is 5.82 Å². The van der Waals surface area contributed by atoms with Gasteiger partial charge in [-0.2, -0.15) is 4.31 Å². The molecule has 1 aliphatic carbocycles. The summed E-state index contributed by atoms with van der Waals surface area (Å²) in [6, 6.07) is 4.85. The molecule has 2 aliphatic rings. The Kier molecular flexibility index (Phi) is 6.96. The summed E-state index contributed by atoms with van der Waals surface area (Å²) in [4.78, 5) is 14.7. The lowest BCUT2D eigenvalue weighted by molar-refractivity contribution is -0.135. The maximum Gasteiger partial charge on any atom is 0.243 e. The third-order valence-electron chi connectivity index (χ3n) is 5.77. The van der Waals surface area contributed by atoms with Gasteiger partial charge in [-0.1, -0.05) is 19.9 Å². The Bertz CT molecular complexity index is 818. The fraction of sp³-hybridized carbons (Fsp3) is 0.667. The lowest BCUT2D eigenvalue weighted by Gasteiger charge is -2.39. The van der Waals surface area contributed by atoms with E-state index in [0.717, 1.165) is 25.3 Å². The number of carbonyl (C=O) groups is 1. The first kappa shape index (κ1) is 22.2. The Morgan fingerprint density at radius 3 is 2.34 bits per heavy atom. The summed E-state index contributed by atoms with van der Waals surface area (Å²) >= 11 is 0. The number of hydrogen-bond donors (Lipinski definition) is 1. The molecule has 0 aromatic heterocycles. The van der Waals surface area contributed by atoms with Crippen molar-refractivity contribution in [1.29, 1.82) is 0 Å². The summed E-state index contributed by atoms with van der Waals surface area (Å²) < 4.78 is 41.7. The summed E-state index contributed by atoms with van der Waals surface area (Å²) in [5, 5.41) is 3.11. The molecule has 1 aromatic rings. The van der Waals surface area contributed by atoms with Crippen LogP contribution in [0.25, 0.3) is 0 Å². The van der Waals surface area contributed by atoms with E-state index in [1.807, 2.05) is 4.90 Å². The molecule has 3 rings (SSSR count). The zero-order valence-electron chi connectivity index (χ0n) is 17.5. The second kappa shape index (κ2) is 9.10. The molecule has 1 saturated heterocycles. The van der Waals surface area contributed by atoms with E-state index in [1.54, 1.807) is 11.4 Å². The molecule has 1 N–H and O–H groups in total. The van der Waals surface area contributed by atoms with Gasteiger partial charge in [0, 0.05) is 25.2 Å². The van der Waals surface area contributed by atoms with Crippen molar-refractivity contribution < 1.29 is 17.6 Å². The Morgan fingerprint density at radius 1 is 1.21 bits per heavy atom. The van der Waals surface area contributed by atoms with Crippen LogP contribution >= 0.6 is 0 Å². The van der Waals surface area contributed by atoms with Crippen LogP contribution in [0.5, 0.6) is 0 Å². The molecular weight excluding hydrogens is 393 g/mol. The van der Waals surface area contributed by atoms with Gasteiger partial charge < -0.3 is 10.2 Å². The van der Waals surface area contributed by atoms with Crippen LogP contribution in [0.1, 0.15) is 46.0 Å². The van der Waals surface area contributed by atoms with Gasteiger partial charge in [0.05, 0.1) is 10.9 Å². The standard InChI is InChI=1S/C21H32FN3O3S/c1-15(2)13-20(23-3)21(26)24-11-9-18(10-12-24)25(17-7-8-17)29(27,28)19-6-4-5-16(22)14-19/h4-6,14-15,17-18,20,23H,7-13H2,1-3H3. The highest BCUT2D eigenvalue weighted by molar-refractivity contribution is 7.89. The van der Waals surface area contributed by atoms with Gasteiger partial charge >= 0.3 is 0 Å². The van der Waals surface area contributed by atoms with Crippen molar-refractivity contribution in [3.63, 3.8) is 0 Å². The number of sulfonamides is 1. The summed E-state index contributed by atoms with van der Waals surface area (Å²) in [5.41, 5.74) is 0. The number of benzene rings is 1.